The minimum absolute atomic E-state index is 0.178. The average molecular weight is 332 g/mol. The molecule has 0 bridgehead atoms. The number of amides is 1. The SMILES string of the molecule is CC(C)C(C)N(C(=O)C(C)(C)C)c1ccc(CCC(C)(C)C)cc1. The van der Waals surface area contributed by atoms with Crippen molar-refractivity contribution >= 4 is 11.6 Å². The minimum atomic E-state index is -0.381. The number of benzene rings is 1. The monoisotopic (exact) mass is 331 g/mol. The summed E-state index contributed by atoms with van der Waals surface area (Å²) in [7, 11) is 0. The summed E-state index contributed by atoms with van der Waals surface area (Å²) in [5.41, 5.74) is 2.32. The second-order valence-electron chi connectivity index (χ2n) is 9.64. The molecule has 1 atom stereocenters. The fourth-order valence-electron chi connectivity index (χ4n) is 2.54. The Hall–Kier alpha value is -1.31. The Labute approximate surface area is 149 Å². The predicted molar refractivity (Wildman–Crippen MR) is 105 cm³/mol. The molecule has 0 fully saturated rings. The van der Waals surface area contributed by atoms with Gasteiger partial charge in [-0.2, -0.15) is 0 Å². The fourth-order valence-corrected chi connectivity index (χ4v) is 2.54. The lowest BCUT2D eigenvalue weighted by Crippen LogP contribution is -2.47. The van der Waals surface area contributed by atoms with Crippen molar-refractivity contribution in [2.24, 2.45) is 16.7 Å². The summed E-state index contributed by atoms with van der Waals surface area (Å²) in [6.07, 6.45) is 2.25. The van der Waals surface area contributed by atoms with E-state index in [1.54, 1.807) is 0 Å². The van der Waals surface area contributed by atoms with Gasteiger partial charge in [0.15, 0.2) is 0 Å². The maximum atomic E-state index is 13.0. The van der Waals surface area contributed by atoms with Crippen LogP contribution in [0.4, 0.5) is 5.69 Å². The van der Waals surface area contributed by atoms with Gasteiger partial charge in [-0.25, -0.2) is 0 Å². The van der Waals surface area contributed by atoms with E-state index in [1.807, 2.05) is 25.7 Å². The highest BCUT2D eigenvalue weighted by atomic mass is 16.2. The van der Waals surface area contributed by atoms with Gasteiger partial charge in [-0.1, -0.05) is 67.5 Å². The van der Waals surface area contributed by atoms with Crippen molar-refractivity contribution < 1.29 is 4.79 Å². The van der Waals surface area contributed by atoms with Crippen molar-refractivity contribution in [3.05, 3.63) is 29.8 Å². The highest BCUT2D eigenvalue weighted by molar-refractivity contribution is 5.97. The fraction of sp³-hybridized carbons (Fsp3) is 0.682. The maximum Gasteiger partial charge on any atom is 0.232 e. The van der Waals surface area contributed by atoms with E-state index in [9.17, 15) is 4.79 Å². The molecular weight excluding hydrogens is 294 g/mol. The molecule has 1 rings (SSSR count). The molecule has 1 aromatic carbocycles. The zero-order chi connectivity index (χ0) is 18.7. The van der Waals surface area contributed by atoms with Crippen LogP contribution in [0.2, 0.25) is 0 Å². The van der Waals surface area contributed by atoms with E-state index in [2.05, 4.69) is 65.8 Å². The quantitative estimate of drug-likeness (QED) is 0.639. The molecule has 0 aromatic heterocycles. The van der Waals surface area contributed by atoms with Gasteiger partial charge in [0.2, 0.25) is 5.91 Å². The zero-order valence-electron chi connectivity index (χ0n) is 17.2. The number of hydrogen-bond acceptors (Lipinski definition) is 1. The van der Waals surface area contributed by atoms with E-state index < -0.39 is 0 Å². The summed E-state index contributed by atoms with van der Waals surface area (Å²) in [5, 5.41) is 0. The molecule has 136 valence electrons. The molecule has 0 radical (unpaired) electrons. The van der Waals surface area contributed by atoms with Crippen LogP contribution in [0.25, 0.3) is 0 Å². The Balaban J connectivity index is 3.05. The molecule has 2 nitrogen and oxygen atoms in total. The maximum absolute atomic E-state index is 13.0. The third-order valence-corrected chi connectivity index (χ3v) is 4.61. The third kappa shape index (κ3) is 5.96. The average Bonchev–Trinajstić information content (AvgIpc) is 2.44. The standard InChI is InChI=1S/C22H37NO/c1-16(2)17(3)23(20(24)22(7,8)9)19-12-10-18(11-13-19)14-15-21(4,5)6/h10-13,16-17H,14-15H2,1-9H3. The van der Waals surface area contributed by atoms with Crippen molar-refractivity contribution in [1.29, 1.82) is 0 Å². The van der Waals surface area contributed by atoms with E-state index in [4.69, 9.17) is 0 Å². The van der Waals surface area contributed by atoms with Crippen LogP contribution >= 0.6 is 0 Å². The second kappa shape index (κ2) is 7.72. The molecule has 1 amide bonds. The van der Waals surface area contributed by atoms with Gasteiger partial charge in [-0.15, -0.1) is 0 Å². The second-order valence-corrected chi connectivity index (χ2v) is 9.64. The number of carbonyl (C=O) groups excluding carboxylic acids is 1. The normalized spacial score (nSPS) is 13.9. The van der Waals surface area contributed by atoms with Gasteiger partial charge in [-0.3, -0.25) is 4.79 Å². The van der Waals surface area contributed by atoms with Crippen molar-refractivity contribution in [3.8, 4) is 0 Å². The Kier molecular flexibility index (Phi) is 6.67. The van der Waals surface area contributed by atoms with Gasteiger partial charge in [0.1, 0.15) is 0 Å². The number of aryl methyl sites for hydroxylation is 1. The van der Waals surface area contributed by atoms with E-state index in [0.717, 1.165) is 12.1 Å². The predicted octanol–water partition coefficient (Wildman–Crippen LogP) is 6.09. The molecule has 0 saturated carbocycles. The first-order valence-corrected chi connectivity index (χ1v) is 9.25. The molecule has 0 saturated heterocycles. The van der Waals surface area contributed by atoms with E-state index >= 15 is 0 Å². The lowest BCUT2D eigenvalue weighted by atomic mass is 9.88. The zero-order valence-corrected chi connectivity index (χ0v) is 17.2. The van der Waals surface area contributed by atoms with Gasteiger partial charge >= 0.3 is 0 Å². The molecule has 1 unspecified atom stereocenters. The number of hydrogen-bond donors (Lipinski definition) is 0. The van der Waals surface area contributed by atoms with Gasteiger partial charge in [0.05, 0.1) is 0 Å². The molecule has 24 heavy (non-hydrogen) atoms. The number of carbonyl (C=O) groups is 1. The summed E-state index contributed by atoms with van der Waals surface area (Å²) in [6.45, 7) is 19.3. The van der Waals surface area contributed by atoms with Crippen LogP contribution in [0, 0.1) is 16.7 Å². The Bertz CT molecular complexity index is 529. The van der Waals surface area contributed by atoms with E-state index in [0.29, 0.717) is 11.3 Å². The third-order valence-electron chi connectivity index (χ3n) is 4.61. The Morgan fingerprint density at radius 3 is 1.83 bits per heavy atom. The number of rotatable bonds is 5. The van der Waals surface area contributed by atoms with Crippen LogP contribution in [-0.2, 0) is 11.2 Å². The van der Waals surface area contributed by atoms with Gasteiger partial charge in [0, 0.05) is 17.1 Å². The molecule has 0 N–H and O–H groups in total. The molecule has 0 heterocycles. The van der Waals surface area contributed by atoms with Gasteiger partial charge in [-0.05, 0) is 48.8 Å². The number of nitrogens with zero attached hydrogens (tertiary/aromatic N) is 1. The lowest BCUT2D eigenvalue weighted by Gasteiger charge is -2.36. The van der Waals surface area contributed by atoms with Crippen LogP contribution in [-0.4, -0.2) is 11.9 Å². The highest BCUT2D eigenvalue weighted by Gasteiger charge is 2.32. The first-order valence-electron chi connectivity index (χ1n) is 9.25. The van der Waals surface area contributed by atoms with E-state index in [-0.39, 0.29) is 17.4 Å². The van der Waals surface area contributed by atoms with Gasteiger partial charge < -0.3 is 4.90 Å². The molecule has 2 heteroatoms. The van der Waals surface area contributed by atoms with Crippen LogP contribution in [0.1, 0.15) is 74.3 Å². The van der Waals surface area contributed by atoms with Crippen molar-refractivity contribution in [1.82, 2.24) is 0 Å². The first kappa shape index (κ1) is 20.7. The van der Waals surface area contributed by atoms with Crippen LogP contribution in [0.15, 0.2) is 24.3 Å². The van der Waals surface area contributed by atoms with Crippen molar-refractivity contribution in [2.45, 2.75) is 81.2 Å². The summed E-state index contributed by atoms with van der Waals surface area (Å²) >= 11 is 0. The molecule has 1 aromatic rings. The minimum Gasteiger partial charge on any atom is -0.309 e. The molecule has 0 spiro atoms. The Morgan fingerprint density at radius 2 is 1.46 bits per heavy atom. The summed E-state index contributed by atoms with van der Waals surface area (Å²) in [6, 6.07) is 8.76. The molecule has 0 aliphatic rings. The van der Waals surface area contributed by atoms with Crippen LogP contribution < -0.4 is 4.90 Å². The van der Waals surface area contributed by atoms with Gasteiger partial charge in [0.25, 0.3) is 0 Å². The van der Waals surface area contributed by atoms with Crippen LogP contribution in [0.5, 0.6) is 0 Å². The number of anilines is 1. The molecular formula is C22H37NO. The molecule has 0 aliphatic heterocycles. The molecule has 0 aliphatic carbocycles. The highest BCUT2D eigenvalue weighted by Crippen LogP contribution is 2.29. The first-order chi connectivity index (χ1) is 10.8. The van der Waals surface area contributed by atoms with Crippen molar-refractivity contribution in [2.75, 3.05) is 4.90 Å². The topological polar surface area (TPSA) is 20.3 Å². The lowest BCUT2D eigenvalue weighted by molar-refractivity contribution is -0.126. The summed E-state index contributed by atoms with van der Waals surface area (Å²) in [5.74, 6) is 0.600. The van der Waals surface area contributed by atoms with Crippen molar-refractivity contribution in [3.63, 3.8) is 0 Å². The summed E-state index contributed by atoms with van der Waals surface area (Å²) < 4.78 is 0. The summed E-state index contributed by atoms with van der Waals surface area (Å²) in [4.78, 5) is 15.0. The Morgan fingerprint density at radius 1 is 0.958 bits per heavy atom. The largest absolute Gasteiger partial charge is 0.309 e. The van der Waals surface area contributed by atoms with Crippen LogP contribution in [0.3, 0.4) is 0 Å². The van der Waals surface area contributed by atoms with E-state index in [1.165, 1.54) is 12.0 Å². The smallest absolute Gasteiger partial charge is 0.232 e.